The van der Waals surface area contributed by atoms with Gasteiger partial charge in [-0.25, -0.2) is 0 Å². The standard InChI is InChI=1S/C19H22N2O4/c1-24-16-9-12-7-8-21(11-18(22)23)19(14(12)10-17(16)25-2)13-5-3-4-6-15(13)20/h3-6,9-10,19H,7-8,11,20H2,1-2H3,(H,22,23). The molecule has 1 aliphatic rings. The molecule has 0 saturated heterocycles. The third kappa shape index (κ3) is 3.25. The van der Waals surface area contributed by atoms with E-state index in [2.05, 4.69) is 0 Å². The van der Waals surface area contributed by atoms with Gasteiger partial charge in [0.15, 0.2) is 11.5 Å². The minimum Gasteiger partial charge on any atom is -0.493 e. The normalized spacial score (nSPS) is 17.0. The molecule has 6 nitrogen and oxygen atoms in total. The van der Waals surface area contributed by atoms with Gasteiger partial charge in [0, 0.05) is 12.2 Å². The Morgan fingerprint density at radius 2 is 1.88 bits per heavy atom. The van der Waals surface area contributed by atoms with Gasteiger partial charge in [0.2, 0.25) is 0 Å². The quantitative estimate of drug-likeness (QED) is 0.811. The smallest absolute Gasteiger partial charge is 0.317 e. The van der Waals surface area contributed by atoms with E-state index in [9.17, 15) is 9.90 Å². The molecule has 0 spiro atoms. The van der Waals surface area contributed by atoms with Gasteiger partial charge in [-0.15, -0.1) is 0 Å². The number of ether oxygens (including phenoxy) is 2. The van der Waals surface area contributed by atoms with Crippen LogP contribution < -0.4 is 15.2 Å². The predicted molar refractivity (Wildman–Crippen MR) is 95.2 cm³/mol. The lowest BCUT2D eigenvalue weighted by Crippen LogP contribution is -2.39. The second-order valence-electron chi connectivity index (χ2n) is 6.05. The molecule has 1 unspecified atom stereocenters. The summed E-state index contributed by atoms with van der Waals surface area (Å²) in [5, 5.41) is 9.31. The zero-order valence-corrected chi connectivity index (χ0v) is 14.4. The third-order valence-electron chi connectivity index (χ3n) is 4.60. The maximum Gasteiger partial charge on any atom is 0.317 e. The van der Waals surface area contributed by atoms with Crippen molar-refractivity contribution in [3.05, 3.63) is 53.1 Å². The number of rotatable bonds is 5. The Hall–Kier alpha value is -2.73. The number of benzene rings is 2. The highest BCUT2D eigenvalue weighted by Gasteiger charge is 2.32. The van der Waals surface area contributed by atoms with Crippen LogP contribution in [0, 0.1) is 0 Å². The first-order chi connectivity index (χ1) is 12.0. The molecule has 25 heavy (non-hydrogen) atoms. The summed E-state index contributed by atoms with van der Waals surface area (Å²) in [6, 6.07) is 11.2. The van der Waals surface area contributed by atoms with Gasteiger partial charge < -0.3 is 20.3 Å². The summed E-state index contributed by atoms with van der Waals surface area (Å²) in [6.07, 6.45) is 0.742. The first kappa shape index (κ1) is 17.1. The van der Waals surface area contributed by atoms with Crippen molar-refractivity contribution in [2.75, 3.05) is 33.0 Å². The average Bonchev–Trinajstić information content (AvgIpc) is 2.60. The number of nitrogens with two attached hydrogens (primary N) is 1. The number of nitrogens with zero attached hydrogens (tertiary/aromatic N) is 1. The van der Waals surface area contributed by atoms with Crippen LogP contribution in [0.4, 0.5) is 5.69 Å². The van der Waals surface area contributed by atoms with Gasteiger partial charge in [0.05, 0.1) is 26.8 Å². The summed E-state index contributed by atoms with van der Waals surface area (Å²) < 4.78 is 10.8. The molecule has 0 aromatic heterocycles. The summed E-state index contributed by atoms with van der Waals surface area (Å²) in [4.78, 5) is 13.3. The number of para-hydroxylation sites is 1. The van der Waals surface area contributed by atoms with Gasteiger partial charge in [0.1, 0.15) is 0 Å². The molecule has 0 aliphatic carbocycles. The molecular weight excluding hydrogens is 320 g/mol. The van der Waals surface area contributed by atoms with Gasteiger partial charge in [-0.3, -0.25) is 9.69 Å². The maximum absolute atomic E-state index is 11.3. The minimum atomic E-state index is -0.858. The molecule has 0 amide bonds. The van der Waals surface area contributed by atoms with E-state index in [1.54, 1.807) is 14.2 Å². The molecule has 1 aliphatic heterocycles. The van der Waals surface area contributed by atoms with E-state index in [1.165, 1.54) is 0 Å². The van der Waals surface area contributed by atoms with Crippen molar-refractivity contribution in [3.8, 4) is 11.5 Å². The van der Waals surface area contributed by atoms with E-state index >= 15 is 0 Å². The summed E-state index contributed by atoms with van der Waals surface area (Å²) in [5.41, 5.74) is 9.86. The minimum absolute atomic E-state index is 0.0488. The van der Waals surface area contributed by atoms with Crippen LogP contribution in [-0.4, -0.2) is 43.3 Å². The highest BCUT2D eigenvalue weighted by atomic mass is 16.5. The molecule has 0 fully saturated rings. The Balaban J connectivity index is 2.16. The number of fused-ring (bicyclic) bond motifs is 1. The number of methoxy groups -OCH3 is 2. The van der Waals surface area contributed by atoms with Crippen LogP contribution in [-0.2, 0) is 11.2 Å². The molecule has 0 saturated carbocycles. The van der Waals surface area contributed by atoms with Gasteiger partial charge >= 0.3 is 5.97 Å². The fourth-order valence-electron chi connectivity index (χ4n) is 3.47. The number of carboxylic acid groups (broad SMARTS) is 1. The van der Waals surface area contributed by atoms with E-state index in [-0.39, 0.29) is 12.6 Å². The molecule has 2 aromatic rings. The van der Waals surface area contributed by atoms with E-state index in [0.29, 0.717) is 23.7 Å². The second-order valence-corrected chi connectivity index (χ2v) is 6.05. The fourth-order valence-corrected chi connectivity index (χ4v) is 3.47. The topological polar surface area (TPSA) is 85.0 Å². The van der Waals surface area contributed by atoms with Crippen LogP contribution in [0.25, 0.3) is 0 Å². The number of hydrogen-bond acceptors (Lipinski definition) is 5. The first-order valence-corrected chi connectivity index (χ1v) is 8.10. The van der Waals surface area contributed by atoms with Crippen molar-refractivity contribution in [2.24, 2.45) is 0 Å². The van der Waals surface area contributed by atoms with Crippen molar-refractivity contribution in [2.45, 2.75) is 12.5 Å². The van der Waals surface area contributed by atoms with Gasteiger partial charge in [0.25, 0.3) is 0 Å². The van der Waals surface area contributed by atoms with Crippen LogP contribution in [0.3, 0.4) is 0 Å². The lowest BCUT2D eigenvalue weighted by molar-refractivity contribution is -0.138. The fraction of sp³-hybridized carbons (Fsp3) is 0.316. The lowest BCUT2D eigenvalue weighted by Gasteiger charge is -2.37. The van der Waals surface area contributed by atoms with Crippen LogP contribution in [0.5, 0.6) is 11.5 Å². The lowest BCUT2D eigenvalue weighted by atomic mass is 9.87. The van der Waals surface area contributed by atoms with Crippen LogP contribution in [0.2, 0.25) is 0 Å². The van der Waals surface area contributed by atoms with Crippen LogP contribution >= 0.6 is 0 Å². The second kappa shape index (κ2) is 7.03. The Morgan fingerprint density at radius 1 is 1.20 bits per heavy atom. The van der Waals surface area contributed by atoms with E-state index in [4.69, 9.17) is 15.2 Å². The molecule has 0 bridgehead atoms. The van der Waals surface area contributed by atoms with Crippen molar-refractivity contribution in [1.29, 1.82) is 0 Å². The SMILES string of the molecule is COc1cc2c(cc1OC)C(c1ccccc1N)N(CC(=O)O)CC2. The van der Waals surface area contributed by atoms with E-state index < -0.39 is 5.97 Å². The van der Waals surface area contributed by atoms with Crippen LogP contribution in [0.15, 0.2) is 36.4 Å². The maximum atomic E-state index is 11.3. The monoisotopic (exact) mass is 342 g/mol. The van der Waals surface area contributed by atoms with Crippen molar-refractivity contribution < 1.29 is 19.4 Å². The summed E-state index contributed by atoms with van der Waals surface area (Å²) >= 11 is 0. The van der Waals surface area contributed by atoms with Crippen molar-refractivity contribution in [1.82, 2.24) is 4.90 Å². The molecule has 1 heterocycles. The molecule has 132 valence electrons. The van der Waals surface area contributed by atoms with E-state index in [0.717, 1.165) is 23.1 Å². The zero-order valence-electron chi connectivity index (χ0n) is 14.4. The Bertz CT molecular complexity index is 791. The Morgan fingerprint density at radius 3 is 2.52 bits per heavy atom. The molecule has 1 atom stereocenters. The summed E-state index contributed by atoms with van der Waals surface area (Å²) in [5.74, 6) is 0.439. The third-order valence-corrected chi connectivity index (χ3v) is 4.60. The Kier molecular flexibility index (Phi) is 4.81. The first-order valence-electron chi connectivity index (χ1n) is 8.10. The molecule has 3 rings (SSSR count). The summed E-state index contributed by atoms with van der Waals surface area (Å²) in [7, 11) is 3.20. The highest BCUT2D eigenvalue weighted by molar-refractivity contribution is 5.69. The Labute approximate surface area is 146 Å². The number of hydrogen-bond donors (Lipinski definition) is 2. The van der Waals surface area contributed by atoms with E-state index in [1.807, 2.05) is 41.3 Å². The number of aliphatic carboxylic acids is 1. The van der Waals surface area contributed by atoms with Crippen molar-refractivity contribution >= 4 is 11.7 Å². The highest BCUT2D eigenvalue weighted by Crippen LogP contribution is 2.42. The molecular formula is C19H22N2O4. The van der Waals surface area contributed by atoms with Crippen molar-refractivity contribution in [3.63, 3.8) is 0 Å². The molecule has 0 radical (unpaired) electrons. The van der Waals surface area contributed by atoms with Gasteiger partial charge in [-0.2, -0.15) is 0 Å². The molecule has 3 N–H and O–H groups in total. The van der Waals surface area contributed by atoms with Crippen LogP contribution in [0.1, 0.15) is 22.7 Å². The summed E-state index contributed by atoms with van der Waals surface area (Å²) in [6.45, 7) is 0.584. The average molecular weight is 342 g/mol. The number of nitrogen functional groups attached to an aromatic ring is 1. The number of anilines is 1. The number of carboxylic acids is 1. The molecule has 2 aromatic carbocycles. The van der Waals surface area contributed by atoms with Gasteiger partial charge in [-0.1, -0.05) is 18.2 Å². The molecule has 6 heteroatoms. The zero-order chi connectivity index (χ0) is 18.0. The largest absolute Gasteiger partial charge is 0.493 e. The predicted octanol–water partition coefficient (Wildman–Crippen LogP) is 2.32. The van der Waals surface area contributed by atoms with Gasteiger partial charge in [-0.05, 0) is 41.3 Å². The number of carbonyl (C=O) groups is 1.